The number of halogens is 1. The fourth-order valence-electron chi connectivity index (χ4n) is 2.91. The highest BCUT2D eigenvalue weighted by atomic mass is 35.5. The van der Waals surface area contributed by atoms with Crippen molar-refractivity contribution in [1.82, 2.24) is 3.97 Å². The Morgan fingerprint density at radius 3 is 2.62 bits per heavy atom. The second-order valence-electron chi connectivity index (χ2n) is 7.26. The first-order valence-electron chi connectivity index (χ1n) is 10.00. The molecule has 0 radical (unpaired) electrons. The lowest BCUT2D eigenvalue weighted by molar-refractivity contribution is -0.141. The van der Waals surface area contributed by atoms with Crippen molar-refractivity contribution in [1.29, 1.82) is 0 Å². The van der Waals surface area contributed by atoms with Gasteiger partial charge in [0.2, 0.25) is 16.8 Å². The van der Waals surface area contributed by atoms with Crippen molar-refractivity contribution in [2.24, 2.45) is 5.92 Å². The minimum Gasteiger partial charge on any atom is -0.481 e. The van der Waals surface area contributed by atoms with E-state index in [4.69, 9.17) is 26.2 Å². The lowest BCUT2D eigenvalue weighted by Gasteiger charge is -2.05. The predicted octanol–water partition coefficient (Wildman–Crippen LogP) is 5.03. The molecular formula is C23H24ClNO6S. The number of carboxylic acids is 1. The molecule has 0 saturated heterocycles. The molecule has 4 rings (SSSR count). The molecule has 3 aromatic rings. The van der Waals surface area contributed by atoms with Gasteiger partial charge < -0.3 is 14.6 Å². The molecule has 1 aromatic heterocycles. The second kappa shape index (κ2) is 10.1. The van der Waals surface area contributed by atoms with Crippen LogP contribution in [0.3, 0.4) is 0 Å². The Labute approximate surface area is 191 Å². The first-order valence-corrected chi connectivity index (χ1v) is 12.0. The van der Waals surface area contributed by atoms with E-state index in [1.54, 1.807) is 55.6 Å². The normalized spacial score (nSPS) is 13.7. The van der Waals surface area contributed by atoms with E-state index >= 15 is 0 Å². The molecule has 1 atom stereocenters. The maximum absolute atomic E-state index is 12.6. The van der Waals surface area contributed by atoms with Crippen LogP contribution < -0.4 is 9.47 Å². The van der Waals surface area contributed by atoms with Crippen LogP contribution in [0.1, 0.15) is 25.8 Å². The van der Waals surface area contributed by atoms with Gasteiger partial charge in [-0.15, -0.1) is 0 Å². The highest BCUT2D eigenvalue weighted by Crippen LogP contribution is 2.32. The van der Waals surface area contributed by atoms with E-state index in [-0.39, 0.29) is 18.5 Å². The highest BCUT2D eigenvalue weighted by Gasteiger charge is 2.15. The molecule has 7 nitrogen and oxygen atoms in total. The van der Waals surface area contributed by atoms with Gasteiger partial charge in [0.15, 0.2) is 11.5 Å². The Hall–Kier alpha value is -2.97. The monoisotopic (exact) mass is 477 g/mol. The molecule has 0 spiro atoms. The lowest BCUT2D eigenvalue weighted by atomic mass is 10.1. The molecule has 1 aliphatic heterocycles. The largest absolute Gasteiger partial charge is 0.481 e. The zero-order chi connectivity index (χ0) is 23.3. The van der Waals surface area contributed by atoms with Crippen LogP contribution in [0.2, 0.25) is 5.02 Å². The van der Waals surface area contributed by atoms with Crippen LogP contribution in [0, 0.1) is 5.92 Å². The molecule has 0 fully saturated rings. The summed E-state index contributed by atoms with van der Waals surface area (Å²) in [5.74, 6) is 0.358. The van der Waals surface area contributed by atoms with Crippen LogP contribution in [0.25, 0.3) is 17.0 Å². The number of benzene rings is 2. The van der Waals surface area contributed by atoms with Crippen LogP contribution in [0.15, 0.2) is 54.7 Å². The number of nitrogens with zero attached hydrogens (tertiary/aromatic N) is 1. The van der Waals surface area contributed by atoms with Gasteiger partial charge in [-0.25, -0.2) is 12.4 Å². The molecule has 1 N–H and O–H groups in total. The highest BCUT2D eigenvalue weighted by molar-refractivity contribution is 7.90. The average molecular weight is 478 g/mol. The molecule has 0 amide bonds. The van der Waals surface area contributed by atoms with Gasteiger partial charge in [-0.2, -0.15) is 0 Å². The summed E-state index contributed by atoms with van der Waals surface area (Å²) in [6, 6.07) is 12.3. The number of carbonyl (C=O) groups is 1. The van der Waals surface area contributed by atoms with Crippen molar-refractivity contribution in [3.05, 3.63) is 65.3 Å². The smallest absolute Gasteiger partial charge is 0.306 e. The van der Waals surface area contributed by atoms with E-state index in [2.05, 4.69) is 0 Å². The van der Waals surface area contributed by atoms with Crippen LogP contribution in [0.4, 0.5) is 0 Å². The number of rotatable bonds is 6. The van der Waals surface area contributed by atoms with Gasteiger partial charge in [0.1, 0.15) is 0 Å². The number of aliphatic carboxylic acids is 1. The average Bonchev–Trinajstić information content (AvgIpc) is 3.39. The zero-order valence-electron chi connectivity index (χ0n) is 17.7. The summed E-state index contributed by atoms with van der Waals surface area (Å²) in [5.41, 5.74) is 1.46. The van der Waals surface area contributed by atoms with Crippen molar-refractivity contribution in [3.63, 3.8) is 0 Å². The van der Waals surface area contributed by atoms with Gasteiger partial charge >= 0.3 is 5.97 Å². The van der Waals surface area contributed by atoms with Crippen LogP contribution in [-0.2, 0) is 14.8 Å². The Balaban J connectivity index is 0.000000360. The quantitative estimate of drug-likeness (QED) is 0.535. The standard InChI is InChI=1S/C18H14ClNO4S.C5H10O2/c19-15-4-5-16-14(11-15)7-8-20(16)25(21,22)9-1-2-13-3-6-17-18(10-13)24-12-23-17;1-3-4(2)5(6)7/h1-8,10-11H,9,12H2;4H,3H2,1-2H3,(H,6,7). The minimum absolute atomic E-state index is 0.117. The van der Waals surface area contributed by atoms with Crippen molar-refractivity contribution in [2.75, 3.05) is 12.5 Å². The Bertz CT molecular complexity index is 1250. The molecule has 0 bridgehead atoms. The van der Waals surface area contributed by atoms with Gasteiger partial charge in [0.05, 0.1) is 17.2 Å². The summed E-state index contributed by atoms with van der Waals surface area (Å²) in [5, 5.41) is 9.54. The number of ether oxygens (including phenoxy) is 2. The summed E-state index contributed by atoms with van der Waals surface area (Å²) in [6.07, 6.45) is 5.64. The van der Waals surface area contributed by atoms with E-state index in [0.29, 0.717) is 22.0 Å². The van der Waals surface area contributed by atoms with E-state index in [0.717, 1.165) is 17.4 Å². The Kier molecular flexibility index (Phi) is 7.48. The SMILES string of the molecule is CCC(C)C(=O)O.O=S(=O)(CC=Cc1ccc2c(c1)OCO2)n1ccc2cc(Cl)ccc21. The van der Waals surface area contributed by atoms with Crippen LogP contribution in [0.5, 0.6) is 11.5 Å². The number of hydrogen-bond donors (Lipinski definition) is 1. The summed E-state index contributed by atoms with van der Waals surface area (Å²) in [7, 11) is -3.51. The van der Waals surface area contributed by atoms with Crippen LogP contribution >= 0.6 is 11.6 Å². The molecule has 170 valence electrons. The third kappa shape index (κ3) is 5.63. The zero-order valence-corrected chi connectivity index (χ0v) is 19.3. The summed E-state index contributed by atoms with van der Waals surface area (Å²) < 4.78 is 37.1. The second-order valence-corrected chi connectivity index (χ2v) is 9.58. The van der Waals surface area contributed by atoms with Gasteiger partial charge in [0.25, 0.3) is 0 Å². The van der Waals surface area contributed by atoms with Gasteiger partial charge in [-0.05, 0) is 48.4 Å². The van der Waals surface area contributed by atoms with Gasteiger partial charge in [0, 0.05) is 16.6 Å². The van der Waals surface area contributed by atoms with Crippen molar-refractivity contribution in [3.8, 4) is 11.5 Å². The van der Waals surface area contributed by atoms with E-state index in [9.17, 15) is 13.2 Å². The summed E-state index contributed by atoms with van der Waals surface area (Å²) in [6.45, 7) is 3.77. The van der Waals surface area contributed by atoms with E-state index < -0.39 is 16.0 Å². The number of aromatic nitrogens is 1. The third-order valence-corrected chi connectivity index (χ3v) is 6.73. The third-order valence-electron chi connectivity index (χ3n) is 4.96. The fourth-order valence-corrected chi connectivity index (χ4v) is 4.30. The molecule has 0 aliphatic carbocycles. The number of hydrogen-bond acceptors (Lipinski definition) is 5. The maximum Gasteiger partial charge on any atom is 0.306 e. The molecule has 32 heavy (non-hydrogen) atoms. The molecule has 1 unspecified atom stereocenters. The van der Waals surface area contributed by atoms with Crippen molar-refractivity contribution in [2.45, 2.75) is 20.3 Å². The maximum atomic E-state index is 12.6. The van der Waals surface area contributed by atoms with E-state index in [1.165, 1.54) is 3.97 Å². The summed E-state index contributed by atoms with van der Waals surface area (Å²) in [4.78, 5) is 9.93. The molecule has 1 aliphatic rings. The Morgan fingerprint density at radius 2 is 1.94 bits per heavy atom. The first-order chi connectivity index (χ1) is 15.2. The Morgan fingerprint density at radius 1 is 1.19 bits per heavy atom. The number of carboxylic acid groups (broad SMARTS) is 1. The first kappa shape index (κ1) is 23.7. The molecule has 0 saturated carbocycles. The van der Waals surface area contributed by atoms with Gasteiger partial charge in [-0.3, -0.25) is 4.79 Å². The number of fused-ring (bicyclic) bond motifs is 2. The molecular weight excluding hydrogens is 454 g/mol. The van der Waals surface area contributed by atoms with Crippen molar-refractivity contribution < 1.29 is 27.8 Å². The van der Waals surface area contributed by atoms with Crippen molar-refractivity contribution >= 4 is 44.6 Å². The molecule has 2 heterocycles. The van der Waals surface area contributed by atoms with E-state index in [1.807, 2.05) is 19.1 Å². The molecule has 2 aromatic carbocycles. The van der Waals surface area contributed by atoms with Crippen LogP contribution in [-0.4, -0.2) is 36.0 Å². The lowest BCUT2D eigenvalue weighted by Crippen LogP contribution is -2.14. The minimum atomic E-state index is -3.51. The fraction of sp³-hybridized carbons (Fsp3) is 0.261. The summed E-state index contributed by atoms with van der Waals surface area (Å²) >= 11 is 5.94. The molecule has 9 heteroatoms. The van der Waals surface area contributed by atoms with Gasteiger partial charge in [-0.1, -0.05) is 43.7 Å². The predicted molar refractivity (Wildman–Crippen MR) is 125 cm³/mol. The topological polar surface area (TPSA) is 94.8 Å².